The quantitative estimate of drug-likeness (QED) is 0.862. The summed E-state index contributed by atoms with van der Waals surface area (Å²) in [5, 5.41) is 17.1. The van der Waals surface area contributed by atoms with Crippen LogP contribution in [0.5, 0.6) is 0 Å². The third-order valence-corrected chi connectivity index (χ3v) is 2.75. The minimum absolute atomic E-state index is 0.577. The van der Waals surface area contributed by atoms with Gasteiger partial charge in [-0.2, -0.15) is 0 Å². The maximum absolute atomic E-state index is 9.31. The largest absolute Gasteiger partial charge is 0.387 e. The fourth-order valence-corrected chi connectivity index (χ4v) is 1.55. The van der Waals surface area contributed by atoms with Crippen LogP contribution in [-0.2, 0) is 0 Å². The molecule has 0 aliphatic heterocycles. The second kappa shape index (κ2) is 4.28. The van der Waals surface area contributed by atoms with Crippen LogP contribution in [0.4, 0.5) is 0 Å². The molecular weight excluding hydrogens is 305 g/mol. The lowest BCUT2D eigenvalue weighted by Crippen LogP contribution is -1.94. The van der Waals surface area contributed by atoms with Crippen molar-refractivity contribution in [2.45, 2.75) is 13.0 Å². The molecule has 15 heavy (non-hydrogen) atoms. The van der Waals surface area contributed by atoms with Gasteiger partial charge in [-0.3, -0.25) is 0 Å². The number of hydrogen-bond donors (Lipinski definition) is 1. The highest BCUT2D eigenvalue weighted by molar-refractivity contribution is 14.1. The zero-order valence-electron chi connectivity index (χ0n) is 8.13. The van der Waals surface area contributed by atoms with Crippen molar-refractivity contribution in [1.82, 2.24) is 15.0 Å². The van der Waals surface area contributed by atoms with Crippen LogP contribution in [0.2, 0.25) is 0 Å². The van der Waals surface area contributed by atoms with E-state index in [2.05, 4.69) is 32.9 Å². The van der Waals surface area contributed by atoms with Crippen molar-refractivity contribution in [2.75, 3.05) is 0 Å². The maximum Gasteiger partial charge on any atom is 0.111 e. The lowest BCUT2D eigenvalue weighted by molar-refractivity contribution is 0.194. The summed E-state index contributed by atoms with van der Waals surface area (Å²) in [5.41, 5.74) is 1.52. The first kappa shape index (κ1) is 10.6. The van der Waals surface area contributed by atoms with Gasteiger partial charge in [0.1, 0.15) is 5.69 Å². The smallest absolute Gasteiger partial charge is 0.111 e. The minimum Gasteiger partial charge on any atom is -0.387 e. The van der Waals surface area contributed by atoms with Gasteiger partial charge < -0.3 is 5.11 Å². The molecule has 0 aliphatic rings. The van der Waals surface area contributed by atoms with Crippen molar-refractivity contribution < 1.29 is 5.11 Å². The Bertz CT molecular complexity index is 450. The molecule has 1 N–H and O–H groups in total. The molecule has 0 saturated heterocycles. The minimum atomic E-state index is -0.581. The molecule has 78 valence electrons. The van der Waals surface area contributed by atoms with E-state index in [0.29, 0.717) is 5.69 Å². The van der Waals surface area contributed by atoms with E-state index in [9.17, 15) is 5.11 Å². The Kier molecular flexibility index (Phi) is 3.01. The van der Waals surface area contributed by atoms with Gasteiger partial charge in [0.05, 0.1) is 18.0 Å². The molecular formula is C10H10IN3O. The number of hydrogen-bond acceptors (Lipinski definition) is 3. The summed E-state index contributed by atoms with van der Waals surface area (Å²) in [7, 11) is 0. The van der Waals surface area contributed by atoms with Crippen LogP contribution in [-0.4, -0.2) is 20.1 Å². The molecule has 0 fully saturated rings. The van der Waals surface area contributed by atoms with Gasteiger partial charge >= 0.3 is 0 Å². The lowest BCUT2D eigenvalue weighted by atomic mass is 10.3. The Morgan fingerprint density at radius 2 is 2.00 bits per heavy atom. The highest BCUT2D eigenvalue weighted by atomic mass is 127. The van der Waals surface area contributed by atoms with Gasteiger partial charge in [0.25, 0.3) is 0 Å². The number of aliphatic hydroxyl groups is 1. The van der Waals surface area contributed by atoms with Gasteiger partial charge in [0.2, 0.25) is 0 Å². The predicted molar refractivity (Wildman–Crippen MR) is 64.7 cm³/mol. The van der Waals surface area contributed by atoms with Gasteiger partial charge in [-0.05, 0) is 53.8 Å². The first-order chi connectivity index (χ1) is 7.16. The van der Waals surface area contributed by atoms with Crippen LogP contribution < -0.4 is 0 Å². The summed E-state index contributed by atoms with van der Waals surface area (Å²) in [6.07, 6.45) is 1.15. The third-order valence-electron chi connectivity index (χ3n) is 2.03. The van der Waals surface area contributed by atoms with E-state index in [1.807, 2.05) is 24.3 Å². The molecule has 0 radical (unpaired) electrons. The molecule has 1 aromatic heterocycles. The van der Waals surface area contributed by atoms with Crippen LogP contribution in [0.3, 0.4) is 0 Å². The molecule has 4 nitrogen and oxygen atoms in total. The Hall–Kier alpha value is -0.950. The summed E-state index contributed by atoms with van der Waals surface area (Å²) in [4.78, 5) is 0. The van der Waals surface area contributed by atoms with Gasteiger partial charge in [0.15, 0.2) is 0 Å². The second-order valence-electron chi connectivity index (χ2n) is 3.24. The fraction of sp³-hybridized carbons (Fsp3) is 0.200. The molecule has 0 spiro atoms. The Morgan fingerprint density at radius 3 is 2.53 bits per heavy atom. The monoisotopic (exact) mass is 315 g/mol. The van der Waals surface area contributed by atoms with Crippen molar-refractivity contribution >= 4 is 22.6 Å². The van der Waals surface area contributed by atoms with Gasteiger partial charge in [0, 0.05) is 3.57 Å². The van der Waals surface area contributed by atoms with Crippen LogP contribution in [0.15, 0.2) is 30.5 Å². The molecule has 0 bridgehead atoms. The number of benzene rings is 1. The summed E-state index contributed by atoms with van der Waals surface area (Å²) in [6.45, 7) is 1.67. The lowest BCUT2D eigenvalue weighted by Gasteiger charge is -1.99. The van der Waals surface area contributed by atoms with Gasteiger partial charge in [-0.15, -0.1) is 5.10 Å². The number of rotatable bonds is 2. The SMILES string of the molecule is CC(O)c1cn(-c2ccc(I)cc2)nn1. The average molecular weight is 315 g/mol. The predicted octanol–water partition coefficient (Wildman–Crippen LogP) is 1.93. The maximum atomic E-state index is 9.31. The average Bonchev–Trinajstić information content (AvgIpc) is 2.68. The summed E-state index contributed by atoms with van der Waals surface area (Å²) < 4.78 is 2.82. The molecule has 1 unspecified atom stereocenters. The van der Waals surface area contributed by atoms with E-state index in [1.54, 1.807) is 17.8 Å². The number of halogens is 1. The van der Waals surface area contributed by atoms with E-state index in [0.717, 1.165) is 5.69 Å². The topological polar surface area (TPSA) is 50.9 Å². The molecule has 0 saturated carbocycles. The first-order valence-corrected chi connectivity index (χ1v) is 5.61. The summed E-state index contributed by atoms with van der Waals surface area (Å²) >= 11 is 2.25. The molecule has 2 aromatic rings. The van der Waals surface area contributed by atoms with Crippen LogP contribution in [0.1, 0.15) is 18.7 Å². The highest BCUT2D eigenvalue weighted by Crippen LogP contribution is 2.13. The Balaban J connectivity index is 2.33. The molecule has 1 heterocycles. The van der Waals surface area contributed by atoms with Crippen molar-refractivity contribution in [3.63, 3.8) is 0 Å². The number of aromatic nitrogens is 3. The van der Waals surface area contributed by atoms with E-state index < -0.39 is 6.10 Å². The fourth-order valence-electron chi connectivity index (χ4n) is 1.19. The second-order valence-corrected chi connectivity index (χ2v) is 4.49. The van der Waals surface area contributed by atoms with Crippen LogP contribution >= 0.6 is 22.6 Å². The van der Waals surface area contributed by atoms with Gasteiger partial charge in [-0.1, -0.05) is 5.21 Å². The normalized spacial score (nSPS) is 12.7. The molecule has 2 rings (SSSR count). The number of aliphatic hydroxyl groups excluding tert-OH is 1. The van der Waals surface area contributed by atoms with Crippen molar-refractivity contribution in [2.24, 2.45) is 0 Å². The molecule has 1 atom stereocenters. The molecule has 0 amide bonds. The number of nitrogens with zero attached hydrogens (tertiary/aromatic N) is 3. The van der Waals surface area contributed by atoms with Gasteiger partial charge in [-0.25, -0.2) is 4.68 Å². The Morgan fingerprint density at radius 1 is 1.33 bits per heavy atom. The highest BCUT2D eigenvalue weighted by Gasteiger charge is 2.06. The van der Waals surface area contributed by atoms with Crippen molar-refractivity contribution in [3.05, 3.63) is 39.7 Å². The third kappa shape index (κ3) is 2.35. The van der Waals surface area contributed by atoms with Crippen LogP contribution in [0, 0.1) is 3.57 Å². The van der Waals surface area contributed by atoms with E-state index in [1.165, 1.54) is 3.57 Å². The molecule has 5 heteroatoms. The van der Waals surface area contributed by atoms with E-state index in [-0.39, 0.29) is 0 Å². The zero-order valence-corrected chi connectivity index (χ0v) is 10.3. The first-order valence-electron chi connectivity index (χ1n) is 4.53. The van der Waals surface area contributed by atoms with E-state index in [4.69, 9.17) is 0 Å². The standard InChI is InChI=1S/C10H10IN3O/c1-7(15)10-6-14(13-12-10)9-4-2-8(11)3-5-9/h2-7,15H,1H3. The summed E-state index contributed by atoms with van der Waals surface area (Å²) in [6, 6.07) is 7.92. The molecule has 1 aromatic carbocycles. The Labute approximate surface area is 101 Å². The van der Waals surface area contributed by atoms with Crippen molar-refractivity contribution in [1.29, 1.82) is 0 Å². The van der Waals surface area contributed by atoms with E-state index >= 15 is 0 Å². The summed E-state index contributed by atoms with van der Waals surface area (Å²) in [5.74, 6) is 0. The molecule has 0 aliphatic carbocycles. The van der Waals surface area contributed by atoms with Crippen molar-refractivity contribution in [3.8, 4) is 5.69 Å². The van der Waals surface area contributed by atoms with Crippen LogP contribution in [0.25, 0.3) is 5.69 Å². The zero-order chi connectivity index (χ0) is 10.8.